The molecular weight excluding hydrogens is 304 g/mol. The summed E-state index contributed by atoms with van der Waals surface area (Å²) >= 11 is 0. The van der Waals surface area contributed by atoms with Gasteiger partial charge >= 0.3 is 0 Å². The van der Waals surface area contributed by atoms with E-state index in [0.29, 0.717) is 11.8 Å². The van der Waals surface area contributed by atoms with Crippen LogP contribution in [0.1, 0.15) is 70.1 Å². The Morgan fingerprint density at radius 3 is 2.58 bits per heavy atom. The van der Waals surface area contributed by atoms with Crippen LogP contribution >= 0.6 is 0 Å². The van der Waals surface area contributed by atoms with Gasteiger partial charge in [-0.15, -0.1) is 0 Å². The van der Waals surface area contributed by atoms with Crippen molar-refractivity contribution in [2.75, 3.05) is 26.2 Å². The molecule has 2 aliphatic rings. The molecule has 1 aromatic rings. The quantitative estimate of drug-likeness (QED) is 0.800. The molecule has 0 radical (unpaired) electrons. The maximum absolute atomic E-state index is 12.4. The number of amides is 1. The first-order chi connectivity index (χ1) is 11.7. The van der Waals surface area contributed by atoms with Crippen LogP contribution in [0.2, 0.25) is 0 Å². The molecule has 1 aromatic heterocycles. The van der Waals surface area contributed by atoms with Crippen molar-refractivity contribution in [2.45, 2.75) is 64.8 Å². The van der Waals surface area contributed by atoms with Crippen molar-refractivity contribution < 1.29 is 9.32 Å². The number of aryl methyl sites for hydroxylation is 1. The Bertz CT molecular complexity index is 531. The fraction of sp³-hybridized carbons (Fsp3) is 0.833. The molecule has 1 saturated heterocycles. The molecule has 24 heavy (non-hydrogen) atoms. The van der Waals surface area contributed by atoms with Gasteiger partial charge in [-0.3, -0.25) is 9.69 Å². The Balaban J connectivity index is 1.43. The molecule has 1 aliphatic heterocycles. The summed E-state index contributed by atoms with van der Waals surface area (Å²) in [6, 6.07) is 0.119. The molecule has 1 unspecified atom stereocenters. The molecule has 0 N–H and O–H groups in total. The fourth-order valence-corrected chi connectivity index (χ4v) is 3.88. The van der Waals surface area contributed by atoms with Crippen LogP contribution in [0.3, 0.4) is 0 Å². The maximum Gasteiger partial charge on any atom is 0.243 e. The van der Waals surface area contributed by atoms with E-state index in [0.717, 1.165) is 57.2 Å². The van der Waals surface area contributed by atoms with Gasteiger partial charge in [-0.25, -0.2) is 0 Å². The van der Waals surface area contributed by atoms with E-state index in [1.165, 1.54) is 25.7 Å². The van der Waals surface area contributed by atoms with E-state index >= 15 is 0 Å². The number of carbonyl (C=O) groups excluding carboxylic acids is 1. The molecule has 1 saturated carbocycles. The van der Waals surface area contributed by atoms with Crippen molar-refractivity contribution in [2.24, 2.45) is 5.92 Å². The van der Waals surface area contributed by atoms with Crippen LogP contribution in [0.25, 0.3) is 0 Å². The monoisotopic (exact) mass is 334 g/mol. The number of aromatic nitrogens is 2. The summed E-state index contributed by atoms with van der Waals surface area (Å²) in [5.41, 5.74) is 0. The van der Waals surface area contributed by atoms with Gasteiger partial charge in [0.15, 0.2) is 5.82 Å². The molecule has 0 spiro atoms. The van der Waals surface area contributed by atoms with Crippen molar-refractivity contribution in [3.8, 4) is 0 Å². The minimum absolute atomic E-state index is 0.119. The zero-order chi connectivity index (χ0) is 16.9. The molecule has 6 heteroatoms. The van der Waals surface area contributed by atoms with Crippen LogP contribution in [0.15, 0.2) is 4.52 Å². The number of carbonyl (C=O) groups is 1. The SMILES string of the molecule is CCc1noc(C(C)N2CCN(C(=O)CCC3CCCC3)CC2)n1. The van der Waals surface area contributed by atoms with Crippen molar-refractivity contribution in [1.29, 1.82) is 0 Å². The van der Waals surface area contributed by atoms with E-state index in [-0.39, 0.29) is 6.04 Å². The number of hydrogen-bond donors (Lipinski definition) is 0. The first kappa shape index (κ1) is 17.4. The fourth-order valence-electron chi connectivity index (χ4n) is 3.88. The van der Waals surface area contributed by atoms with Gasteiger partial charge < -0.3 is 9.42 Å². The van der Waals surface area contributed by atoms with E-state index in [4.69, 9.17) is 4.52 Å². The zero-order valence-electron chi connectivity index (χ0n) is 15.0. The normalized spacial score (nSPS) is 21.3. The molecule has 1 atom stereocenters. The second-order valence-electron chi connectivity index (χ2n) is 7.18. The molecule has 6 nitrogen and oxygen atoms in total. The first-order valence-corrected chi connectivity index (χ1v) is 9.51. The van der Waals surface area contributed by atoms with Crippen LogP contribution in [0, 0.1) is 5.92 Å². The Hall–Kier alpha value is -1.43. The van der Waals surface area contributed by atoms with Gasteiger partial charge in [-0.05, 0) is 19.3 Å². The molecule has 1 aliphatic carbocycles. The van der Waals surface area contributed by atoms with Crippen LogP contribution in [0.5, 0.6) is 0 Å². The van der Waals surface area contributed by atoms with E-state index in [1.54, 1.807) is 0 Å². The lowest BCUT2D eigenvalue weighted by molar-refractivity contribution is -0.133. The topological polar surface area (TPSA) is 62.5 Å². The van der Waals surface area contributed by atoms with Gasteiger partial charge in [0.25, 0.3) is 0 Å². The molecule has 2 fully saturated rings. The summed E-state index contributed by atoms with van der Waals surface area (Å²) in [4.78, 5) is 21.2. The van der Waals surface area contributed by atoms with E-state index in [1.807, 2.05) is 11.8 Å². The van der Waals surface area contributed by atoms with Gasteiger partial charge in [0.05, 0.1) is 6.04 Å². The number of piperazine rings is 1. The summed E-state index contributed by atoms with van der Waals surface area (Å²) in [5, 5.41) is 3.98. The number of nitrogens with zero attached hydrogens (tertiary/aromatic N) is 4. The standard InChI is InChI=1S/C18H30N4O2/c1-3-16-19-18(24-20-16)14(2)21-10-12-22(13-11-21)17(23)9-8-15-6-4-5-7-15/h14-15H,3-13H2,1-2H3. The van der Waals surface area contributed by atoms with E-state index in [9.17, 15) is 4.79 Å². The lowest BCUT2D eigenvalue weighted by atomic mass is 10.0. The van der Waals surface area contributed by atoms with Gasteiger partial charge in [0, 0.05) is 39.0 Å². The molecule has 134 valence electrons. The number of hydrogen-bond acceptors (Lipinski definition) is 5. The smallest absolute Gasteiger partial charge is 0.243 e. The Morgan fingerprint density at radius 1 is 1.25 bits per heavy atom. The highest BCUT2D eigenvalue weighted by Gasteiger charge is 2.27. The highest BCUT2D eigenvalue weighted by molar-refractivity contribution is 5.76. The average Bonchev–Trinajstić information content (AvgIpc) is 3.30. The van der Waals surface area contributed by atoms with Crippen LogP contribution in [0.4, 0.5) is 0 Å². The lowest BCUT2D eigenvalue weighted by Gasteiger charge is -2.37. The number of rotatable bonds is 6. The zero-order valence-corrected chi connectivity index (χ0v) is 15.0. The van der Waals surface area contributed by atoms with Gasteiger partial charge in [-0.2, -0.15) is 4.98 Å². The lowest BCUT2D eigenvalue weighted by Crippen LogP contribution is -2.49. The van der Waals surface area contributed by atoms with E-state index in [2.05, 4.69) is 22.0 Å². The highest BCUT2D eigenvalue weighted by Crippen LogP contribution is 2.29. The van der Waals surface area contributed by atoms with Crippen molar-refractivity contribution in [1.82, 2.24) is 19.9 Å². The second-order valence-corrected chi connectivity index (χ2v) is 7.18. The Labute approximate surface area is 144 Å². The first-order valence-electron chi connectivity index (χ1n) is 9.51. The van der Waals surface area contributed by atoms with Crippen molar-refractivity contribution in [3.63, 3.8) is 0 Å². The maximum atomic E-state index is 12.4. The summed E-state index contributed by atoms with van der Waals surface area (Å²) in [7, 11) is 0. The van der Waals surface area contributed by atoms with Gasteiger partial charge in [-0.1, -0.05) is 37.8 Å². The molecule has 1 amide bonds. The third-order valence-electron chi connectivity index (χ3n) is 5.61. The van der Waals surface area contributed by atoms with Gasteiger partial charge in [0.2, 0.25) is 11.8 Å². The minimum atomic E-state index is 0.119. The summed E-state index contributed by atoms with van der Waals surface area (Å²) in [6.07, 6.45) is 7.95. The van der Waals surface area contributed by atoms with Crippen LogP contribution < -0.4 is 0 Å². The van der Waals surface area contributed by atoms with Gasteiger partial charge in [0.1, 0.15) is 0 Å². The third kappa shape index (κ3) is 4.15. The van der Waals surface area contributed by atoms with Crippen LogP contribution in [-0.2, 0) is 11.2 Å². The van der Waals surface area contributed by atoms with Crippen LogP contribution in [-0.4, -0.2) is 52.0 Å². The molecular formula is C18H30N4O2. The molecule has 3 rings (SSSR count). The largest absolute Gasteiger partial charge is 0.340 e. The van der Waals surface area contributed by atoms with Crippen molar-refractivity contribution >= 4 is 5.91 Å². The van der Waals surface area contributed by atoms with E-state index < -0.39 is 0 Å². The Morgan fingerprint density at radius 2 is 1.96 bits per heavy atom. The second kappa shape index (κ2) is 8.10. The Kier molecular flexibility index (Phi) is 5.87. The predicted octanol–water partition coefficient (Wildman–Crippen LogP) is 2.81. The molecule has 2 heterocycles. The third-order valence-corrected chi connectivity index (χ3v) is 5.61. The summed E-state index contributed by atoms with van der Waals surface area (Å²) in [5.74, 6) is 2.58. The predicted molar refractivity (Wildman–Crippen MR) is 91.4 cm³/mol. The van der Waals surface area contributed by atoms with Crippen molar-refractivity contribution in [3.05, 3.63) is 11.7 Å². The average molecular weight is 334 g/mol. The summed E-state index contributed by atoms with van der Waals surface area (Å²) in [6.45, 7) is 7.49. The summed E-state index contributed by atoms with van der Waals surface area (Å²) < 4.78 is 5.36. The molecule has 0 bridgehead atoms. The highest BCUT2D eigenvalue weighted by atomic mass is 16.5. The molecule has 0 aromatic carbocycles. The minimum Gasteiger partial charge on any atom is -0.340 e.